The Morgan fingerprint density at radius 3 is 2.82 bits per heavy atom. The van der Waals surface area contributed by atoms with Gasteiger partial charge in [0, 0.05) is 19.1 Å². The Hall–Kier alpha value is -1.75. The number of halogens is 1. The van der Waals surface area contributed by atoms with Gasteiger partial charge < -0.3 is 14.8 Å². The van der Waals surface area contributed by atoms with Crippen molar-refractivity contribution >= 4 is 11.6 Å². The summed E-state index contributed by atoms with van der Waals surface area (Å²) >= 11 is 6.52. The van der Waals surface area contributed by atoms with Gasteiger partial charge in [-0.05, 0) is 56.1 Å². The van der Waals surface area contributed by atoms with Crippen LogP contribution in [0.2, 0.25) is 5.02 Å². The zero-order valence-corrected chi connectivity index (χ0v) is 17.9. The van der Waals surface area contributed by atoms with Crippen LogP contribution in [0, 0.1) is 6.92 Å². The molecule has 4 nitrogen and oxygen atoms in total. The van der Waals surface area contributed by atoms with E-state index < -0.39 is 0 Å². The monoisotopic (exact) mass is 402 g/mol. The summed E-state index contributed by atoms with van der Waals surface area (Å²) in [4.78, 5) is 2.54. The minimum atomic E-state index is 0.462. The van der Waals surface area contributed by atoms with Crippen LogP contribution in [0.5, 0.6) is 11.5 Å². The van der Waals surface area contributed by atoms with Crippen LogP contribution in [0.15, 0.2) is 36.4 Å². The highest BCUT2D eigenvalue weighted by molar-refractivity contribution is 6.32. The Kier molecular flexibility index (Phi) is 7.60. The van der Waals surface area contributed by atoms with Crippen LogP contribution in [0.3, 0.4) is 0 Å². The third-order valence-corrected chi connectivity index (χ3v) is 5.65. The molecule has 1 aliphatic rings. The first kappa shape index (κ1) is 21.0. The molecule has 1 heterocycles. The summed E-state index contributed by atoms with van der Waals surface area (Å²) in [6.45, 7) is 8.88. The van der Waals surface area contributed by atoms with Crippen molar-refractivity contribution in [2.75, 3.05) is 26.7 Å². The summed E-state index contributed by atoms with van der Waals surface area (Å²) < 4.78 is 11.5. The molecule has 2 aromatic rings. The molecular weight excluding hydrogens is 372 g/mol. The summed E-state index contributed by atoms with van der Waals surface area (Å²) in [6, 6.07) is 12.9. The first-order valence-corrected chi connectivity index (χ1v) is 10.5. The van der Waals surface area contributed by atoms with E-state index in [9.17, 15) is 0 Å². The fourth-order valence-electron chi connectivity index (χ4n) is 3.90. The van der Waals surface area contributed by atoms with Gasteiger partial charge in [-0.15, -0.1) is 0 Å². The number of hydrogen-bond donors (Lipinski definition) is 1. The van der Waals surface area contributed by atoms with E-state index in [0.29, 0.717) is 29.2 Å². The normalized spacial score (nSPS) is 17.1. The summed E-state index contributed by atoms with van der Waals surface area (Å²) in [5, 5.41) is 4.16. The predicted molar refractivity (Wildman–Crippen MR) is 115 cm³/mol. The zero-order chi connectivity index (χ0) is 19.9. The number of aryl methyl sites for hydroxylation is 1. The van der Waals surface area contributed by atoms with E-state index in [2.05, 4.69) is 36.2 Å². The topological polar surface area (TPSA) is 33.7 Å². The van der Waals surface area contributed by atoms with E-state index in [1.165, 1.54) is 24.9 Å². The van der Waals surface area contributed by atoms with Crippen molar-refractivity contribution < 1.29 is 9.47 Å². The van der Waals surface area contributed by atoms with Gasteiger partial charge in [0.15, 0.2) is 11.5 Å². The average Bonchev–Trinajstić information content (AvgIpc) is 3.14. The van der Waals surface area contributed by atoms with Crippen LogP contribution >= 0.6 is 11.6 Å². The fourth-order valence-corrected chi connectivity index (χ4v) is 4.19. The molecule has 0 aliphatic carbocycles. The van der Waals surface area contributed by atoms with Crippen molar-refractivity contribution in [3.8, 4) is 11.5 Å². The minimum absolute atomic E-state index is 0.462. The maximum atomic E-state index is 6.52. The molecule has 1 N–H and O–H groups in total. The van der Waals surface area contributed by atoms with Crippen molar-refractivity contribution in [3.63, 3.8) is 0 Å². The van der Waals surface area contributed by atoms with Crippen molar-refractivity contribution in [1.82, 2.24) is 10.2 Å². The lowest BCUT2D eigenvalue weighted by Gasteiger charge is -2.23. The zero-order valence-electron chi connectivity index (χ0n) is 17.1. The fraction of sp³-hybridized carbons (Fsp3) is 0.478. The predicted octanol–water partition coefficient (Wildman–Crippen LogP) is 4.81. The standard InChI is InChI=1S/C23H31ClN2O2/c1-4-26-10-6-9-20(26)15-25-14-19-12-21(24)23(22(13-19)27-3)28-16-18-8-5-7-17(2)11-18/h5,7-8,11-13,20,25H,4,6,9-10,14-16H2,1-3H3/t20-/m0/s1. The molecule has 1 saturated heterocycles. The van der Waals surface area contributed by atoms with E-state index >= 15 is 0 Å². The SMILES string of the molecule is CCN1CCC[C@H]1CNCc1cc(Cl)c(OCc2cccc(C)c2)c(OC)c1. The van der Waals surface area contributed by atoms with E-state index in [0.717, 1.165) is 30.8 Å². The number of nitrogens with zero attached hydrogens (tertiary/aromatic N) is 1. The second-order valence-electron chi connectivity index (χ2n) is 7.44. The molecule has 0 bridgehead atoms. The molecule has 28 heavy (non-hydrogen) atoms. The van der Waals surface area contributed by atoms with Crippen molar-refractivity contribution in [1.29, 1.82) is 0 Å². The van der Waals surface area contributed by atoms with Crippen LogP contribution in [0.25, 0.3) is 0 Å². The van der Waals surface area contributed by atoms with E-state index in [-0.39, 0.29) is 0 Å². The quantitative estimate of drug-likeness (QED) is 0.652. The van der Waals surface area contributed by atoms with Crippen molar-refractivity contribution in [2.24, 2.45) is 0 Å². The number of rotatable bonds is 9. The van der Waals surface area contributed by atoms with Gasteiger partial charge in [0.05, 0.1) is 12.1 Å². The Balaban J connectivity index is 1.60. The third kappa shape index (κ3) is 5.40. The highest BCUT2D eigenvalue weighted by Gasteiger charge is 2.22. The number of benzene rings is 2. The van der Waals surface area contributed by atoms with Gasteiger partial charge in [0.1, 0.15) is 6.61 Å². The average molecular weight is 403 g/mol. The van der Waals surface area contributed by atoms with Gasteiger partial charge in [0.2, 0.25) is 0 Å². The number of ether oxygens (including phenoxy) is 2. The molecule has 1 atom stereocenters. The molecule has 1 fully saturated rings. The van der Waals surface area contributed by atoms with Gasteiger partial charge >= 0.3 is 0 Å². The third-order valence-electron chi connectivity index (χ3n) is 5.37. The maximum absolute atomic E-state index is 6.52. The molecule has 152 valence electrons. The van der Waals surface area contributed by atoms with Crippen LogP contribution in [0.4, 0.5) is 0 Å². The molecule has 0 saturated carbocycles. The summed E-state index contributed by atoms with van der Waals surface area (Å²) in [5.74, 6) is 1.27. The molecule has 3 rings (SSSR count). The van der Waals surface area contributed by atoms with Gasteiger partial charge in [-0.3, -0.25) is 4.90 Å². The van der Waals surface area contributed by atoms with E-state index in [1.54, 1.807) is 7.11 Å². The minimum Gasteiger partial charge on any atom is -0.493 e. The lowest BCUT2D eigenvalue weighted by molar-refractivity contribution is 0.260. The molecule has 5 heteroatoms. The smallest absolute Gasteiger partial charge is 0.180 e. The van der Waals surface area contributed by atoms with Gasteiger partial charge in [-0.2, -0.15) is 0 Å². The highest BCUT2D eigenvalue weighted by atomic mass is 35.5. The van der Waals surface area contributed by atoms with Crippen LogP contribution in [0.1, 0.15) is 36.5 Å². The molecule has 0 radical (unpaired) electrons. The second-order valence-corrected chi connectivity index (χ2v) is 7.85. The van der Waals surface area contributed by atoms with E-state index in [1.807, 2.05) is 24.3 Å². The molecule has 2 aromatic carbocycles. The first-order valence-electron chi connectivity index (χ1n) is 10.1. The Labute approximate surface area is 173 Å². The van der Waals surface area contributed by atoms with Crippen LogP contribution in [-0.2, 0) is 13.2 Å². The Bertz CT molecular complexity index is 781. The Morgan fingerprint density at radius 2 is 2.07 bits per heavy atom. The molecule has 0 amide bonds. The molecule has 0 spiro atoms. The molecule has 0 aromatic heterocycles. The van der Waals surface area contributed by atoms with E-state index in [4.69, 9.17) is 21.1 Å². The Morgan fingerprint density at radius 1 is 1.21 bits per heavy atom. The highest BCUT2D eigenvalue weighted by Crippen LogP contribution is 2.37. The summed E-state index contributed by atoms with van der Waals surface area (Å²) in [5.41, 5.74) is 3.43. The number of likely N-dealkylation sites (N-methyl/N-ethyl adjacent to an activating group) is 1. The lowest BCUT2D eigenvalue weighted by atomic mass is 10.1. The second kappa shape index (κ2) is 10.1. The van der Waals surface area contributed by atoms with Crippen molar-refractivity contribution in [3.05, 3.63) is 58.1 Å². The number of nitrogens with one attached hydrogen (secondary N) is 1. The van der Waals surface area contributed by atoms with Gasteiger partial charge in [-0.1, -0.05) is 48.4 Å². The first-order chi connectivity index (χ1) is 13.6. The van der Waals surface area contributed by atoms with Crippen molar-refractivity contribution in [2.45, 2.75) is 45.9 Å². The summed E-state index contributed by atoms with van der Waals surface area (Å²) in [6.07, 6.45) is 2.57. The number of methoxy groups -OCH3 is 1. The molecule has 0 unspecified atom stereocenters. The largest absolute Gasteiger partial charge is 0.493 e. The maximum Gasteiger partial charge on any atom is 0.180 e. The van der Waals surface area contributed by atoms with Gasteiger partial charge in [-0.25, -0.2) is 0 Å². The number of likely N-dealkylation sites (tertiary alicyclic amines) is 1. The molecular formula is C23H31ClN2O2. The van der Waals surface area contributed by atoms with Crippen LogP contribution < -0.4 is 14.8 Å². The van der Waals surface area contributed by atoms with Gasteiger partial charge in [0.25, 0.3) is 0 Å². The van der Waals surface area contributed by atoms with Crippen LogP contribution in [-0.4, -0.2) is 37.7 Å². The number of hydrogen-bond acceptors (Lipinski definition) is 4. The summed E-state index contributed by atoms with van der Waals surface area (Å²) in [7, 11) is 1.65. The molecule has 1 aliphatic heterocycles. The lowest BCUT2D eigenvalue weighted by Crippen LogP contribution is -2.37.